The maximum atomic E-state index is 13.7. The third kappa shape index (κ3) is 5.73. The Labute approximate surface area is 215 Å². The van der Waals surface area contributed by atoms with Crippen molar-refractivity contribution < 1.29 is 9.53 Å². The molecule has 4 rings (SSSR count). The largest absolute Gasteiger partial charge is 0.497 e. The standard InChI is InChI=1S/C29H39N5O2/c1-6-31-15-17-32(18-16-31)28-27(23(4)30-34(28)25-12-8-7-9-13-25)21-33(20-22(2)3)29(35)24-11-10-14-26(19-24)36-5/h7-14,19,22H,6,15-18,20-21H2,1-5H3. The lowest BCUT2D eigenvalue weighted by molar-refractivity contribution is 0.0722. The third-order valence-corrected chi connectivity index (χ3v) is 6.82. The molecule has 1 amide bonds. The van der Waals surface area contributed by atoms with Gasteiger partial charge in [0.05, 0.1) is 25.0 Å². The molecule has 0 bridgehead atoms. The number of para-hydroxylation sites is 1. The van der Waals surface area contributed by atoms with Crippen molar-refractivity contribution in [1.82, 2.24) is 19.6 Å². The molecule has 1 fully saturated rings. The molecule has 1 aromatic heterocycles. The van der Waals surface area contributed by atoms with Gasteiger partial charge in [0.1, 0.15) is 11.6 Å². The summed E-state index contributed by atoms with van der Waals surface area (Å²) >= 11 is 0. The first-order valence-electron chi connectivity index (χ1n) is 13.0. The molecule has 0 unspecified atom stereocenters. The lowest BCUT2D eigenvalue weighted by Crippen LogP contribution is -2.47. The normalized spacial score (nSPS) is 14.3. The maximum absolute atomic E-state index is 13.7. The molecule has 1 aliphatic rings. The minimum atomic E-state index is 0.0104. The van der Waals surface area contributed by atoms with Crippen molar-refractivity contribution in [1.29, 1.82) is 0 Å². The number of hydrogen-bond donors (Lipinski definition) is 0. The van der Waals surface area contributed by atoms with Crippen LogP contribution >= 0.6 is 0 Å². The number of piperazine rings is 1. The molecule has 0 radical (unpaired) electrons. The van der Waals surface area contributed by atoms with Gasteiger partial charge in [-0.1, -0.05) is 45.0 Å². The van der Waals surface area contributed by atoms with Gasteiger partial charge in [-0.15, -0.1) is 0 Å². The Balaban J connectivity index is 1.73. The number of carbonyl (C=O) groups is 1. The van der Waals surface area contributed by atoms with Gasteiger partial charge in [0.2, 0.25) is 0 Å². The summed E-state index contributed by atoms with van der Waals surface area (Å²) in [5.41, 5.74) is 3.75. The van der Waals surface area contributed by atoms with E-state index in [9.17, 15) is 4.79 Å². The molecular weight excluding hydrogens is 450 g/mol. The lowest BCUT2D eigenvalue weighted by Gasteiger charge is -2.36. The van der Waals surface area contributed by atoms with Crippen molar-refractivity contribution in [2.75, 3.05) is 51.3 Å². The molecule has 1 aliphatic heterocycles. The van der Waals surface area contributed by atoms with E-state index in [1.807, 2.05) is 47.4 Å². The van der Waals surface area contributed by atoms with E-state index < -0.39 is 0 Å². The summed E-state index contributed by atoms with van der Waals surface area (Å²) in [7, 11) is 1.63. The summed E-state index contributed by atoms with van der Waals surface area (Å²) < 4.78 is 7.44. The van der Waals surface area contributed by atoms with Crippen LogP contribution in [0.15, 0.2) is 54.6 Å². The number of aromatic nitrogens is 2. The molecule has 1 saturated heterocycles. The first-order valence-corrected chi connectivity index (χ1v) is 13.0. The minimum absolute atomic E-state index is 0.0104. The second-order valence-electron chi connectivity index (χ2n) is 9.87. The Morgan fingerprint density at radius 1 is 1.06 bits per heavy atom. The number of amides is 1. The van der Waals surface area contributed by atoms with E-state index in [0.717, 1.165) is 55.5 Å². The summed E-state index contributed by atoms with van der Waals surface area (Å²) in [5.74, 6) is 2.13. The van der Waals surface area contributed by atoms with Gasteiger partial charge in [0, 0.05) is 43.9 Å². The van der Waals surface area contributed by atoms with Crippen molar-refractivity contribution in [3.63, 3.8) is 0 Å². The summed E-state index contributed by atoms with van der Waals surface area (Å²) in [4.78, 5) is 20.6. The van der Waals surface area contributed by atoms with E-state index in [2.05, 4.69) is 54.3 Å². The zero-order valence-electron chi connectivity index (χ0n) is 22.3. The van der Waals surface area contributed by atoms with E-state index in [-0.39, 0.29) is 5.91 Å². The average Bonchev–Trinajstić information content (AvgIpc) is 3.23. The number of likely N-dealkylation sites (N-methyl/N-ethyl adjacent to an activating group) is 1. The number of hydrogen-bond acceptors (Lipinski definition) is 5. The van der Waals surface area contributed by atoms with Crippen molar-refractivity contribution in [3.8, 4) is 11.4 Å². The highest BCUT2D eigenvalue weighted by Gasteiger charge is 2.28. The van der Waals surface area contributed by atoms with Crippen LogP contribution in [0.3, 0.4) is 0 Å². The van der Waals surface area contributed by atoms with Gasteiger partial charge in [-0.3, -0.25) is 4.79 Å². The van der Waals surface area contributed by atoms with E-state index in [1.54, 1.807) is 7.11 Å². The van der Waals surface area contributed by atoms with Crippen LogP contribution in [0.2, 0.25) is 0 Å². The van der Waals surface area contributed by atoms with Gasteiger partial charge in [0.15, 0.2) is 0 Å². The van der Waals surface area contributed by atoms with Gasteiger partial charge in [-0.25, -0.2) is 4.68 Å². The monoisotopic (exact) mass is 489 g/mol. The Hall–Kier alpha value is -3.32. The Bertz CT molecular complexity index is 1150. The van der Waals surface area contributed by atoms with Gasteiger partial charge in [-0.05, 0) is 49.7 Å². The number of benzene rings is 2. The van der Waals surface area contributed by atoms with E-state index in [4.69, 9.17) is 9.84 Å². The summed E-state index contributed by atoms with van der Waals surface area (Å²) in [6, 6.07) is 17.7. The molecule has 192 valence electrons. The van der Waals surface area contributed by atoms with Crippen LogP contribution in [0.1, 0.15) is 42.4 Å². The number of methoxy groups -OCH3 is 1. The number of nitrogens with zero attached hydrogens (tertiary/aromatic N) is 5. The number of ether oxygens (including phenoxy) is 1. The highest BCUT2D eigenvalue weighted by atomic mass is 16.5. The number of anilines is 1. The Morgan fingerprint density at radius 2 is 1.78 bits per heavy atom. The predicted octanol–water partition coefficient (Wildman–Crippen LogP) is 4.63. The van der Waals surface area contributed by atoms with Crippen LogP contribution in [-0.2, 0) is 6.54 Å². The maximum Gasteiger partial charge on any atom is 0.254 e. The molecule has 36 heavy (non-hydrogen) atoms. The Morgan fingerprint density at radius 3 is 2.42 bits per heavy atom. The van der Waals surface area contributed by atoms with Gasteiger partial charge >= 0.3 is 0 Å². The highest BCUT2D eigenvalue weighted by molar-refractivity contribution is 5.94. The van der Waals surface area contributed by atoms with E-state index in [0.29, 0.717) is 30.3 Å². The van der Waals surface area contributed by atoms with Crippen LogP contribution in [0.4, 0.5) is 5.82 Å². The molecule has 2 heterocycles. The highest BCUT2D eigenvalue weighted by Crippen LogP contribution is 2.30. The predicted molar refractivity (Wildman–Crippen MR) is 145 cm³/mol. The van der Waals surface area contributed by atoms with Crippen LogP contribution in [0.5, 0.6) is 5.75 Å². The number of rotatable bonds is 9. The number of aryl methyl sites for hydroxylation is 1. The molecule has 0 N–H and O–H groups in total. The van der Waals surface area contributed by atoms with Gasteiger partial charge in [-0.2, -0.15) is 5.10 Å². The topological polar surface area (TPSA) is 53.8 Å². The lowest BCUT2D eigenvalue weighted by atomic mass is 10.1. The fraction of sp³-hybridized carbons (Fsp3) is 0.448. The minimum Gasteiger partial charge on any atom is -0.497 e. The Kier molecular flexibility index (Phi) is 8.31. The SMILES string of the molecule is CCN1CCN(c2c(CN(CC(C)C)C(=O)c3cccc(OC)c3)c(C)nn2-c2ccccc2)CC1. The summed E-state index contributed by atoms with van der Waals surface area (Å²) in [6.07, 6.45) is 0. The zero-order valence-corrected chi connectivity index (χ0v) is 22.3. The molecular formula is C29H39N5O2. The fourth-order valence-electron chi connectivity index (χ4n) is 4.87. The first-order chi connectivity index (χ1) is 17.4. The second-order valence-corrected chi connectivity index (χ2v) is 9.87. The molecule has 7 heteroatoms. The third-order valence-electron chi connectivity index (χ3n) is 6.82. The van der Waals surface area contributed by atoms with Crippen molar-refractivity contribution in [3.05, 3.63) is 71.4 Å². The molecule has 3 aromatic rings. The quantitative estimate of drug-likeness (QED) is 0.439. The molecule has 0 atom stereocenters. The van der Waals surface area contributed by atoms with Gasteiger partial charge < -0.3 is 19.4 Å². The van der Waals surface area contributed by atoms with Crippen molar-refractivity contribution >= 4 is 11.7 Å². The summed E-state index contributed by atoms with van der Waals surface area (Å²) in [5, 5.41) is 4.99. The van der Waals surface area contributed by atoms with Crippen LogP contribution < -0.4 is 9.64 Å². The van der Waals surface area contributed by atoms with E-state index >= 15 is 0 Å². The van der Waals surface area contributed by atoms with Crippen LogP contribution in [-0.4, -0.2) is 71.9 Å². The van der Waals surface area contributed by atoms with Crippen molar-refractivity contribution in [2.24, 2.45) is 5.92 Å². The smallest absolute Gasteiger partial charge is 0.254 e. The first kappa shape index (κ1) is 25.8. The molecule has 0 aliphatic carbocycles. The second kappa shape index (κ2) is 11.6. The number of carbonyl (C=O) groups excluding carboxylic acids is 1. The zero-order chi connectivity index (χ0) is 25.7. The van der Waals surface area contributed by atoms with Crippen molar-refractivity contribution in [2.45, 2.75) is 34.2 Å². The molecule has 0 saturated carbocycles. The van der Waals surface area contributed by atoms with Crippen LogP contribution in [0, 0.1) is 12.8 Å². The molecule has 0 spiro atoms. The van der Waals surface area contributed by atoms with Crippen LogP contribution in [0.25, 0.3) is 5.69 Å². The molecule has 2 aromatic carbocycles. The van der Waals surface area contributed by atoms with Gasteiger partial charge in [0.25, 0.3) is 5.91 Å². The van der Waals surface area contributed by atoms with E-state index in [1.165, 1.54) is 0 Å². The molecule has 7 nitrogen and oxygen atoms in total. The fourth-order valence-corrected chi connectivity index (χ4v) is 4.87. The summed E-state index contributed by atoms with van der Waals surface area (Å²) in [6.45, 7) is 14.7. The average molecular weight is 490 g/mol.